The van der Waals surface area contributed by atoms with Crippen LogP contribution in [0.3, 0.4) is 0 Å². The van der Waals surface area contributed by atoms with Crippen molar-refractivity contribution in [2.45, 2.75) is 12.8 Å². The van der Waals surface area contributed by atoms with E-state index in [1.54, 1.807) is 12.5 Å². The van der Waals surface area contributed by atoms with E-state index < -0.39 is 0 Å². The molecule has 2 aliphatic rings. The van der Waals surface area contributed by atoms with Crippen LogP contribution in [0.2, 0.25) is 0 Å². The summed E-state index contributed by atoms with van der Waals surface area (Å²) in [7, 11) is 0. The minimum Gasteiger partial charge on any atom is -0.498 e. The molecular formula is C30H48N2O8. The topological polar surface area (TPSA) is 126 Å². The van der Waals surface area contributed by atoms with E-state index in [0.29, 0.717) is 106 Å². The van der Waals surface area contributed by atoms with Gasteiger partial charge in [-0.1, -0.05) is 36.5 Å². The third-order valence-electron chi connectivity index (χ3n) is 5.58. The van der Waals surface area contributed by atoms with Crippen molar-refractivity contribution in [2.24, 2.45) is 11.5 Å². The summed E-state index contributed by atoms with van der Waals surface area (Å²) in [5.41, 5.74) is 15.4. The predicted octanol–water partition coefficient (Wildman–Crippen LogP) is 2.58. The zero-order chi connectivity index (χ0) is 28.4. The van der Waals surface area contributed by atoms with Crippen molar-refractivity contribution in [3.05, 3.63) is 71.3 Å². The Balaban J connectivity index is 1.47. The maximum atomic E-state index is 5.62. The molecule has 0 saturated heterocycles. The van der Waals surface area contributed by atoms with E-state index in [4.69, 9.17) is 49.4 Å². The maximum Gasteiger partial charge on any atom is 0.111 e. The molecule has 4 N–H and O–H groups in total. The highest BCUT2D eigenvalue weighted by molar-refractivity contribution is 5.53. The van der Waals surface area contributed by atoms with Crippen LogP contribution in [0.15, 0.2) is 71.3 Å². The molecule has 2 rings (SSSR count). The fourth-order valence-corrected chi connectivity index (χ4v) is 3.52. The zero-order valence-corrected chi connectivity index (χ0v) is 23.8. The molecule has 0 fully saturated rings. The van der Waals surface area contributed by atoms with Gasteiger partial charge in [0.15, 0.2) is 0 Å². The first kappa shape index (κ1) is 33.9. The van der Waals surface area contributed by atoms with Gasteiger partial charge in [-0.25, -0.2) is 0 Å². The molecule has 10 nitrogen and oxygen atoms in total. The average Bonchev–Trinajstić information content (AvgIpc) is 2.99. The highest BCUT2D eigenvalue weighted by Crippen LogP contribution is 2.26. The lowest BCUT2D eigenvalue weighted by molar-refractivity contribution is 0.00757. The predicted molar refractivity (Wildman–Crippen MR) is 155 cm³/mol. The van der Waals surface area contributed by atoms with Gasteiger partial charge in [0.05, 0.1) is 91.8 Å². The smallest absolute Gasteiger partial charge is 0.111 e. The van der Waals surface area contributed by atoms with Crippen LogP contribution >= 0.6 is 0 Å². The van der Waals surface area contributed by atoms with Gasteiger partial charge in [-0.15, -0.1) is 0 Å². The standard InChI is InChI=1S/C30H48N2O8/c31-9-11-33-13-15-35-17-19-37-21-23-39-25-27-1-5-29(6-2-27)30-7-3-28(4-8-30)26-40-24-22-38-20-18-36-16-14-34-12-10-32/h1,3,5-8,25-26H,2,4,9-24,31-32H2. The second-order valence-corrected chi connectivity index (χ2v) is 8.77. The molecule has 0 spiro atoms. The molecule has 226 valence electrons. The maximum absolute atomic E-state index is 5.62. The van der Waals surface area contributed by atoms with Crippen LogP contribution in [0.4, 0.5) is 0 Å². The van der Waals surface area contributed by atoms with Gasteiger partial charge in [0.2, 0.25) is 0 Å². The molecule has 0 heterocycles. The van der Waals surface area contributed by atoms with Gasteiger partial charge in [-0.3, -0.25) is 0 Å². The van der Waals surface area contributed by atoms with Gasteiger partial charge >= 0.3 is 0 Å². The summed E-state index contributed by atoms with van der Waals surface area (Å²) in [5, 5.41) is 0. The molecule has 0 amide bonds. The lowest BCUT2D eigenvalue weighted by atomic mass is 9.93. The summed E-state index contributed by atoms with van der Waals surface area (Å²) in [4.78, 5) is 0. The summed E-state index contributed by atoms with van der Waals surface area (Å²) in [6.07, 6.45) is 18.1. The van der Waals surface area contributed by atoms with Crippen molar-refractivity contribution < 1.29 is 37.9 Å². The van der Waals surface area contributed by atoms with Gasteiger partial charge < -0.3 is 49.4 Å². The van der Waals surface area contributed by atoms with E-state index in [2.05, 4.69) is 36.5 Å². The number of rotatable bonds is 25. The van der Waals surface area contributed by atoms with E-state index in [0.717, 1.165) is 24.0 Å². The van der Waals surface area contributed by atoms with Crippen molar-refractivity contribution in [1.82, 2.24) is 0 Å². The minimum atomic E-state index is 0.505. The van der Waals surface area contributed by atoms with Gasteiger partial charge in [0.25, 0.3) is 0 Å². The van der Waals surface area contributed by atoms with Crippen LogP contribution in [0, 0.1) is 0 Å². The fourth-order valence-electron chi connectivity index (χ4n) is 3.52. The summed E-state index contributed by atoms with van der Waals surface area (Å²) >= 11 is 0. The Labute approximate surface area is 239 Å². The van der Waals surface area contributed by atoms with Crippen molar-refractivity contribution in [3.63, 3.8) is 0 Å². The van der Waals surface area contributed by atoms with E-state index in [1.807, 2.05) is 0 Å². The second kappa shape index (κ2) is 24.5. The fraction of sp³-hybridized carbons (Fsp3) is 0.600. The van der Waals surface area contributed by atoms with Crippen molar-refractivity contribution in [1.29, 1.82) is 0 Å². The largest absolute Gasteiger partial charge is 0.498 e. The molecule has 10 heteroatoms. The first-order chi connectivity index (χ1) is 19.8. The Morgan fingerprint density at radius 2 is 0.775 bits per heavy atom. The van der Waals surface area contributed by atoms with E-state index >= 15 is 0 Å². The van der Waals surface area contributed by atoms with Gasteiger partial charge in [-0.2, -0.15) is 0 Å². The highest BCUT2D eigenvalue weighted by Gasteiger charge is 2.08. The Hall–Kier alpha value is -2.28. The summed E-state index contributed by atoms with van der Waals surface area (Å²) in [5.74, 6) is 0. The van der Waals surface area contributed by atoms with Gasteiger partial charge in [0, 0.05) is 13.1 Å². The van der Waals surface area contributed by atoms with Crippen molar-refractivity contribution >= 4 is 0 Å². The van der Waals surface area contributed by atoms with Crippen LogP contribution in [0.1, 0.15) is 12.8 Å². The van der Waals surface area contributed by atoms with Gasteiger partial charge in [-0.05, 0) is 35.1 Å². The lowest BCUT2D eigenvalue weighted by Gasteiger charge is -2.14. The molecule has 0 aromatic carbocycles. The highest BCUT2D eigenvalue weighted by atomic mass is 16.6. The van der Waals surface area contributed by atoms with Crippen molar-refractivity contribution in [3.8, 4) is 0 Å². The van der Waals surface area contributed by atoms with Gasteiger partial charge in [0.1, 0.15) is 13.2 Å². The van der Waals surface area contributed by atoms with E-state index in [-0.39, 0.29) is 0 Å². The molecule has 2 aliphatic carbocycles. The van der Waals surface area contributed by atoms with Crippen molar-refractivity contribution in [2.75, 3.05) is 106 Å². The van der Waals surface area contributed by atoms with Crippen LogP contribution in [0.25, 0.3) is 0 Å². The third kappa shape index (κ3) is 17.4. The van der Waals surface area contributed by atoms with E-state index in [1.165, 1.54) is 11.1 Å². The van der Waals surface area contributed by atoms with Crippen LogP contribution in [0.5, 0.6) is 0 Å². The first-order valence-electron chi connectivity index (χ1n) is 14.1. The Kier molecular flexibility index (Phi) is 20.8. The molecule has 0 bridgehead atoms. The Morgan fingerprint density at radius 1 is 0.450 bits per heavy atom. The van der Waals surface area contributed by atoms with Crippen LogP contribution < -0.4 is 11.5 Å². The lowest BCUT2D eigenvalue weighted by Crippen LogP contribution is -2.14. The Bertz CT molecular complexity index is 768. The molecule has 0 atom stereocenters. The normalized spacial score (nSPS) is 16.9. The number of ether oxygens (including phenoxy) is 8. The number of allylic oxidation sites excluding steroid dienone is 10. The molecule has 0 saturated carbocycles. The van der Waals surface area contributed by atoms with E-state index in [9.17, 15) is 0 Å². The quantitative estimate of drug-likeness (QED) is 0.126. The SMILES string of the molecule is NCCOCCOCCOCCOC=C1C=CC(C2=CCC(=COCCOCCOCCOCCN)C=C2)=CC1. The molecule has 0 aliphatic heterocycles. The molecule has 0 radical (unpaired) electrons. The first-order valence-corrected chi connectivity index (χ1v) is 14.1. The second-order valence-electron chi connectivity index (χ2n) is 8.77. The summed E-state index contributed by atoms with van der Waals surface area (Å²) < 4.78 is 43.5. The summed E-state index contributed by atoms with van der Waals surface area (Å²) in [6, 6.07) is 0. The summed E-state index contributed by atoms with van der Waals surface area (Å²) in [6.45, 7) is 8.59. The number of hydrogen-bond acceptors (Lipinski definition) is 10. The number of nitrogens with two attached hydrogens (primary N) is 2. The third-order valence-corrected chi connectivity index (χ3v) is 5.58. The molecule has 0 unspecified atom stereocenters. The van der Waals surface area contributed by atoms with Crippen LogP contribution in [-0.4, -0.2) is 106 Å². The number of hydrogen-bond donors (Lipinski definition) is 2. The molecule has 0 aromatic rings. The van der Waals surface area contributed by atoms with Crippen LogP contribution in [-0.2, 0) is 37.9 Å². The molecule has 40 heavy (non-hydrogen) atoms. The monoisotopic (exact) mass is 564 g/mol. The zero-order valence-electron chi connectivity index (χ0n) is 23.8. The molecule has 0 aromatic heterocycles. The average molecular weight is 565 g/mol. The molecular weight excluding hydrogens is 516 g/mol. The Morgan fingerprint density at radius 3 is 1.07 bits per heavy atom. The minimum absolute atomic E-state index is 0.505.